The predicted molar refractivity (Wildman–Crippen MR) is 122 cm³/mol. The normalized spacial score (nSPS) is 9.97. The largest absolute Gasteiger partial charge is 0.397 e. The smallest absolute Gasteiger partial charge is 0.193 e. The highest BCUT2D eigenvalue weighted by Crippen LogP contribution is 2.22. The van der Waals surface area contributed by atoms with Gasteiger partial charge in [-0.15, -0.1) is 12.3 Å². The third kappa shape index (κ3) is 6.80. The molecular weight excluding hydrogens is 362 g/mol. The zero-order valence-electron chi connectivity index (χ0n) is 17.1. The molecule has 1 aromatic carbocycles. The van der Waals surface area contributed by atoms with Crippen LogP contribution in [-0.2, 0) is 0 Å². The molecule has 0 aliphatic rings. The molecule has 0 fully saturated rings. The summed E-state index contributed by atoms with van der Waals surface area (Å²) in [6.45, 7) is 9.21. The van der Waals surface area contributed by atoms with Crippen molar-refractivity contribution < 1.29 is 5.11 Å². The fraction of sp³-hybridized carbons (Fsp3) is 0.167. The Morgan fingerprint density at radius 3 is 2.55 bits per heavy atom. The van der Waals surface area contributed by atoms with E-state index >= 15 is 0 Å². The molecule has 5 heteroatoms. The minimum atomic E-state index is -0.0609. The lowest BCUT2D eigenvalue weighted by Crippen LogP contribution is -2.13. The molecule has 150 valence electrons. The number of hydrogen-bond donors (Lipinski definition) is 2. The molecule has 2 N–H and O–H groups in total. The minimum absolute atomic E-state index is 0.0609. The van der Waals surface area contributed by atoms with Crippen molar-refractivity contribution in [3.05, 3.63) is 89.5 Å². The number of hydrogen-bond acceptors (Lipinski definition) is 4. The Balaban J connectivity index is 0.000000626. The standard InChI is InChI=1S/C19H17N3O.C3H4.C2H6O/c1-3-7-14(2)21-19-12-18(23)16-13-20-11-10-17(16)22(19)15-8-5-4-6-9-15;1-3-2;1-2-3/h3-13,21H,1H2,2H3;1H,2H3;3H,2H2,1H3/b14-7+;;. The van der Waals surface area contributed by atoms with Gasteiger partial charge in [0.25, 0.3) is 0 Å². The number of fused-ring (bicyclic) bond motifs is 1. The van der Waals surface area contributed by atoms with Crippen molar-refractivity contribution in [2.24, 2.45) is 0 Å². The van der Waals surface area contributed by atoms with E-state index in [1.807, 2.05) is 54.0 Å². The SMILES string of the molecule is C#CC.C=C/C=C(\C)Nc1cc(=O)c2cnccc2n1-c1ccccc1.CCO. The Labute approximate surface area is 172 Å². The van der Waals surface area contributed by atoms with E-state index in [4.69, 9.17) is 5.11 Å². The number of rotatable bonds is 4. The highest BCUT2D eigenvalue weighted by Gasteiger charge is 2.10. The third-order valence-electron chi connectivity index (χ3n) is 3.52. The number of nitrogens with zero attached hydrogens (tertiary/aromatic N) is 2. The van der Waals surface area contributed by atoms with Crippen molar-refractivity contribution in [2.45, 2.75) is 20.8 Å². The highest BCUT2D eigenvalue weighted by atomic mass is 16.2. The van der Waals surface area contributed by atoms with Crippen LogP contribution in [0.2, 0.25) is 0 Å². The van der Waals surface area contributed by atoms with Crippen LogP contribution in [-0.4, -0.2) is 21.3 Å². The summed E-state index contributed by atoms with van der Waals surface area (Å²) >= 11 is 0. The second-order valence-corrected chi connectivity index (χ2v) is 5.77. The molecule has 0 spiro atoms. The van der Waals surface area contributed by atoms with Crippen molar-refractivity contribution >= 4 is 16.7 Å². The molecule has 3 rings (SSSR count). The maximum Gasteiger partial charge on any atom is 0.193 e. The maximum atomic E-state index is 12.4. The summed E-state index contributed by atoms with van der Waals surface area (Å²) in [5.74, 6) is 2.95. The number of terminal acetylenes is 1. The minimum Gasteiger partial charge on any atom is -0.397 e. The van der Waals surface area contributed by atoms with Crippen LogP contribution >= 0.6 is 0 Å². The fourth-order valence-corrected chi connectivity index (χ4v) is 2.54. The lowest BCUT2D eigenvalue weighted by Gasteiger charge is -2.18. The maximum absolute atomic E-state index is 12.4. The molecule has 2 heterocycles. The molecule has 0 aliphatic carbocycles. The first-order chi connectivity index (χ1) is 14.0. The van der Waals surface area contributed by atoms with Gasteiger partial charge >= 0.3 is 0 Å². The van der Waals surface area contributed by atoms with Crippen LogP contribution in [0.1, 0.15) is 20.8 Å². The molecule has 0 unspecified atom stereocenters. The number of aliphatic hydroxyl groups excluding tert-OH is 1. The van der Waals surface area contributed by atoms with E-state index in [1.165, 1.54) is 0 Å². The number of anilines is 1. The summed E-state index contributed by atoms with van der Waals surface area (Å²) in [5.41, 5.74) is 2.62. The molecule has 0 saturated heterocycles. The first kappa shape index (κ1) is 23.4. The van der Waals surface area contributed by atoms with Crippen molar-refractivity contribution in [1.29, 1.82) is 0 Å². The fourth-order valence-electron chi connectivity index (χ4n) is 2.54. The third-order valence-corrected chi connectivity index (χ3v) is 3.52. The Bertz CT molecular complexity index is 1050. The van der Waals surface area contributed by atoms with Gasteiger partial charge in [0.2, 0.25) is 0 Å². The van der Waals surface area contributed by atoms with E-state index < -0.39 is 0 Å². The average molecular weight is 389 g/mol. The monoisotopic (exact) mass is 389 g/mol. The average Bonchev–Trinajstić information content (AvgIpc) is 2.70. The van der Waals surface area contributed by atoms with E-state index in [2.05, 4.69) is 29.2 Å². The second-order valence-electron chi connectivity index (χ2n) is 5.77. The molecule has 5 nitrogen and oxygen atoms in total. The molecule has 0 amide bonds. The first-order valence-corrected chi connectivity index (χ1v) is 9.13. The number of allylic oxidation sites excluding steroid dienone is 3. The number of aromatic nitrogens is 2. The van der Waals surface area contributed by atoms with E-state index in [-0.39, 0.29) is 12.0 Å². The van der Waals surface area contributed by atoms with Gasteiger partial charge in [0, 0.05) is 36.5 Å². The van der Waals surface area contributed by atoms with Crippen molar-refractivity contribution in [2.75, 3.05) is 11.9 Å². The van der Waals surface area contributed by atoms with Gasteiger partial charge in [-0.05, 0) is 45.0 Å². The van der Waals surface area contributed by atoms with E-state index in [0.29, 0.717) is 11.2 Å². The zero-order valence-corrected chi connectivity index (χ0v) is 17.1. The van der Waals surface area contributed by atoms with Crippen LogP contribution in [0.5, 0.6) is 0 Å². The summed E-state index contributed by atoms with van der Waals surface area (Å²) in [6.07, 6.45) is 11.5. The van der Waals surface area contributed by atoms with Gasteiger partial charge < -0.3 is 10.4 Å². The molecule has 0 bridgehead atoms. The van der Waals surface area contributed by atoms with Gasteiger partial charge in [0.1, 0.15) is 5.82 Å². The van der Waals surface area contributed by atoms with Gasteiger partial charge in [-0.1, -0.05) is 30.9 Å². The van der Waals surface area contributed by atoms with E-state index in [0.717, 1.165) is 16.9 Å². The van der Waals surface area contributed by atoms with Crippen molar-refractivity contribution in [3.8, 4) is 18.0 Å². The predicted octanol–water partition coefficient (Wildman–Crippen LogP) is 4.53. The summed E-state index contributed by atoms with van der Waals surface area (Å²) in [5, 5.41) is 11.4. The Morgan fingerprint density at radius 2 is 1.97 bits per heavy atom. The van der Waals surface area contributed by atoms with Crippen LogP contribution in [0.4, 0.5) is 5.82 Å². The Kier molecular flexibility index (Phi) is 10.3. The van der Waals surface area contributed by atoms with Gasteiger partial charge in [0.15, 0.2) is 5.43 Å². The van der Waals surface area contributed by atoms with E-state index in [1.54, 1.807) is 38.4 Å². The Hall–Kier alpha value is -3.62. The van der Waals surface area contributed by atoms with Gasteiger partial charge in [-0.2, -0.15) is 0 Å². The topological polar surface area (TPSA) is 67.2 Å². The van der Waals surface area contributed by atoms with Gasteiger partial charge in [-0.3, -0.25) is 14.3 Å². The molecule has 29 heavy (non-hydrogen) atoms. The second kappa shape index (κ2) is 12.7. The van der Waals surface area contributed by atoms with Crippen molar-refractivity contribution in [3.63, 3.8) is 0 Å². The number of para-hydroxylation sites is 1. The molecule has 3 aromatic rings. The zero-order chi connectivity index (χ0) is 21.6. The van der Waals surface area contributed by atoms with Crippen LogP contribution in [0.15, 0.2) is 84.1 Å². The Morgan fingerprint density at radius 1 is 1.34 bits per heavy atom. The van der Waals surface area contributed by atoms with Gasteiger partial charge in [0.05, 0.1) is 10.9 Å². The quantitative estimate of drug-likeness (QED) is 0.508. The van der Waals surface area contributed by atoms with Crippen LogP contribution in [0.3, 0.4) is 0 Å². The summed E-state index contributed by atoms with van der Waals surface area (Å²) in [6, 6.07) is 13.3. The number of aliphatic hydroxyl groups is 1. The molecule has 0 atom stereocenters. The van der Waals surface area contributed by atoms with Crippen LogP contribution in [0, 0.1) is 12.3 Å². The van der Waals surface area contributed by atoms with Crippen molar-refractivity contribution in [1.82, 2.24) is 9.55 Å². The first-order valence-electron chi connectivity index (χ1n) is 9.13. The molecule has 0 radical (unpaired) electrons. The molecule has 0 aliphatic heterocycles. The molecule has 0 saturated carbocycles. The lowest BCUT2D eigenvalue weighted by atomic mass is 10.2. The molecule has 2 aromatic heterocycles. The van der Waals surface area contributed by atoms with Crippen LogP contribution in [0.25, 0.3) is 16.6 Å². The van der Waals surface area contributed by atoms with E-state index in [9.17, 15) is 4.79 Å². The molecular formula is C24H27N3O2. The summed E-state index contributed by atoms with van der Waals surface area (Å²) < 4.78 is 2.01. The highest BCUT2D eigenvalue weighted by molar-refractivity contribution is 5.82. The number of benzene rings is 1. The number of nitrogens with one attached hydrogen (secondary N) is 1. The van der Waals surface area contributed by atoms with Gasteiger partial charge in [-0.25, -0.2) is 0 Å². The summed E-state index contributed by atoms with van der Waals surface area (Å²) in [4.78, 5) is 16.5. The lowest BCUT2D eigenvalue weighted by molar-refractivity contribution is 0.318. The number of pyridine rings is 2. The summed E-state index contributed by atoms with van der Waals surface area (Å²) in [7, 11) is 0. The van der Waals surface area contributed by atoms with Crippen LogP contribution < -0.4 is 10.7 Å².